The number of aromatic nitrogens is 1. The van der Waals surface area contributed by atoms with Crippen LogP contribution in [0.15, 0.2) is 28.8 Å². The molecule has 106 valence electrons. The van der Waals surface area contributed by atoms with Crippen LogP contribution in [0.1, 0.15) is 16.8 Å². The number of benzene rings is 1. The molecule has 0 aliphatic carbocycles. The molecule has 20 heavy (non-hydrogen) atoms. The van der Waals surface area contributed by atoms with E-state index < -0.39 is 0 Å². The van der Waals surface area contributed by atoms with E-state index in [-0.39, 0.29) is 17.5 Å². The number of halogens is 1. The predicted octanol–water partition coefficient (Wildman–Crippen LogP) is 2.50. The van der Waals surface area contributed by atoms with Crippen molar-refractivity contribution in [1.29, 1.82) is 0 Å². The minimum Gasteiger partial charge on any atom is -0.497 e. The SMILES string of the molecule is COc1cccc(CNC(=O)Cc2c(C)noc2Cl)c1. The smallest absolute Gasteiger partial charge is 0.229 e. The molecule has 1 heterocycles. The highest BCUT2D eigenvalue weighted by Gasteiger charge is 2.14. The molecule has 1 aromatic carbocycles. The van der Waals surface area contributed by atoms with Crippen LogP contribution in [0.5, 0.6) is 5.75 Å². The van der Waals surface area contributed by atoms with Crippen molar-refractivity contribution < 1.29 is 14.1 Å². The van der Waals surface area contributed by atoms with Crippen molar-refractivity contribution in [2.45, 2.75) is 19.9 Å². The normalized spacial score (nSPS) is 10.3. The summed E-state index contributed by atoms with van der Waals surface area (Å²) < 4.78 is 9.94. The van der Waals surface area contributed by atoms with Gasteiger partial charge in [-0.3, -0.25) is 4.79 Å². The van der Waals surface area contributed by atoms with Crippen molar-refractivity contribution in [2.75, 3.05) is 7.11 Å². The molecule has 0 bridgehead atoms. The maximum atomic E-state index is 11.9. The van der Waals surface area contributed by atoms with Crippen LogP contribution in [0, 0.1) is 6.92 Å². The second kappa shape index (κ2) is 6.43. The summed E-state index contributed by atoms with van der Waals surface area (Å²) in [6.45, 7) is 2.18. The lowest BCUT2D eigenvalue weighted by Crippen LogP contribution is -2.24. The fourth-order valence-corrected chi connectivity index (χ4v) is 2.00. The van der Waals surface area contributed by atoms with Crippen molar-refractivity contribution in [2.24, 2.45) is 0 Å². The van der Waals surface area contributed by atoms with Gasteiger partial charge >= 0.3 is 0 Å². The van der Waals surface area contributed by atoms with Gasteiger partial charge in [0.1, 0.15) is 5.75 Å². The molecule has 0 saturated heterocycles. The van der Waals surface area contributed by atoms with Gasteiger partial charge in [0.25, 0.3) is 0 Å². The average Bonchev–Trinajstić information content (AvgIpc) is 2.77. The second-order valence-electron chi connectivity index (χ2n) is 4.33. The van der Waals surface area contributed by atoms with E-state index in [1.165, 1.54) is 0 Å². The summed E-state index contributed by atoms with van der Waals surface area (Å²) in [5, 5.41) is 6.69. The maximum absolute atomic E-state index is 11.9. The average molecular weight is 295 g/mol. The van der Waals surface area contributed by atoms with E-state index in [2.05, 4.69) is 10.5 Å². The predicted molar refractivity (Wildman–Crippen MR) is 74.8 cm³/mol. The van der Waals surface area contributed by atoms with E-state index in [1.54, 1.807) is 14.0 Å². The van der Waals surface area contributed by atoms with E-state index in [0.717, 1.165) is 11.3 Å². The number of methoxy groups -OCH3 is 1. The van der Waals surface area contributed by atoms with Crippen LogP contribution in [-0.4, -0.2) is 18.2 Å². The molecule has 0 saturated carbocycles. The molecule has 2 rings (SSSR count). The first kappa shape index (κ1) is 14.4. The zero-order valence-corrected chi connectivity index (χ0v) is 12.0. The van der Waals surface area contributed by atoms with Gasteiger partial charge in [-0.2, -0.15) is 0 Å². The Bertz CT molecular complexity index is 591. The lowest BCUT2D eigenvalue weighted by molar-refractivity contribution is -0.120. The van der Waals surface area contributed by atoms with Gasteiger partial charge in [-0.15, -0.1) is 0 Å². The molecular formula is C14H15ClN2O3. The second-order valence-corrected chi connectivity index (χ2v) is 4.67. The number of nitrogens with one attached hydrogen (secondary N) is 1. The fraction of sp³-hybridized carbons (Fsp3) is 0.286. The Hall–Kier alpha value is -2.01. The molecule has 2 aromatic rings. The molecule has 0 unspecified atom stereocenters. The van der Waals surface area contributed by atoms with E-state index in [1.807, 2.05) is 24.3 Å². The van der Waals surface area contributed by atoms with Crippen LogP contribution in [0.4, 0.5) is 0 Å². The van der Waals surface area contributed by atoms with Gasteiger partial charge in [0.2, 0.25) is 11.1 Å². The van der Waals surface area contributed by atoms with Gasteiger partial charge in [-0.25, -0.2) is 0 Å². The molecule has 6 heteroatoms. The highest BCUT2D eigenvalue weighted by atomic mass is 35.5. The monoisotopic (exact) mass is 294 g/mol. The number of amides is 1. The number of carbonyl (C=O) groups is 1. The molecule has 5 nitrogen and oxygen atoms in total. The molecule has 0 radical (unpaired) electrons. The zero-order valence-electron chi connectivity index (χ0n) is 11.3. The number of rotatable bonds is 5. The van der Waals surface area contributed by atoms with Crippen molar-refractivity contribution >= 4 is 17.5 Å². The first-order valence-electron chi connectivity index (χ1n) is 6.10. The van der Waals surface area contributed by atoms with E-state index in [9.17, 15) is 4.79 Å². The summed E-state index contributed by atoms with van der Waals surface area (Å²) in [6, 6.07) is 7.52. The van der Waals surface area contributed by atoms with E-state index in [4.69, 9.17) is 20.9 Å². The van der Waals surface area contributed by atoms with E-state index in [0.29, 0.717) is 17.8 Å². The Kier molecular flexibility index (Phi) is 4.63. The topological polar surface area (TPSA) is 64.4 Å². The van der Waals surface area contributed by atoms with Crippen LogP contribution in [0.25, 0.3) is 0 Å². The lowest BCUT2D eigenvalue weighted by Gasteiger charge is -2.06. The number of aryl methyl sites for hydroxylation is 1. The molecule has 0 spiro atoms. The molecule has 0 atom stereocenters. The molecule has 1 aromatic heterocycles. The van der Waals surface area contributed by atoms with Crippen molar-refractivity contribution in [3.8, 4) is 5.75 Å². The van der Waals surface area contributed by atoms with Crippen molar-refractivity contribution in [1.82, 2.24) is 10.5 Å². The number of nitrogens with zero attached hydrogens (tertiary/aromatic N) is 1. The van der Waals surface area contributed by atoms with Crippen LogP contribution >= 0.6 is 11.6 Å². The summed E-state index contributed by atoms with van der Waals surface area (Å²) in [6.07, 6.45) is 0.151. The van der Waals surface area contributed by atoms with Crippen molar-refractivity contribution in [3.63, 3.8) is 0 Å². The van der Waals surface area contributed by atoms with Gasteiger partial charge < -0.3 is 14.6 Å². The molecule has 1 amide bonds. The minimum atomic E-state index is -0.138. The van der Waals surface area contributed by atoms with E-state index >= 15 is 0 Å². The minimum absolute atomic E-state index is 0.138. The summed E-state index contributed by atoms with van der Waals surface area (Å²) in [7, 11) is 1.61. The number of hydrogen-bond acceptors (Lipinski definition) is 4. The van der Waals surface area contributed by atoms with Crippen LogP contribution in [0.2, 0.25) is 5.22 Å². The summed E-state index contributed by atoms with van der Waals surface area (Å²) >= 11 is 5.82. The highest BCUT2D eigenvalue weighted by molar-refractivity contribution is 6.29. The molecule has 0 fully saturated rings. The number of ether oxygens (including phenoxy) is 1. The Morgan fingerprint density at radius 3 is 2.95 bits per heavy atom. The van der Waals surface area contributed by atoms with Crippen LogP contribution in [-0.2, 0) is 17.8 Å². The number of carbonyl (C=O) groups excluding carboxylic acids is 1. The maximum Gasteiger partial charge on any atom is 0.229 e. The molecular weight excluding hydrogens is 280 g/mol. The van der Waals surface area contributed by atoms with Gasteiger partial charge in [-0.1, -0.05) is 17.3 Å². The third kappa shape index (κ3) is 3.51. The molecule has 0 aliphatic heterocycles. The van der Waals surface area contributed by atoms with Gasteiger partial charge in [0.05, 0.1) is 19.2 Å². The Morgan fingerprint density at radius 1 is 1.50 bits per heavy atom. The Labute approximate surface area is 121 Å². The van der Waals surface area contributed by atoms with Crippen LogP contribution in [0.3, 0.4) is 0 Å². The quantitative estimate of drug-likeness (QED) is 0.920. The first-order chi connectivity index (χ1) is 9.60. The standard InChI is InChI=1S/C14H15ClN2O3/c1-9-12(14(15)20-17-9)7-13(18)16-8-10-4-3-5-11(6-10)19-2/h3-6H,7-8H2,1-2H3,(H,16,18). The molecule has 0 aliphatic rings. The lowest BCUT2D eigenvalue weighted by atomic mass is 10.1. The Balaban J connectivity index is 1.92. The van der Waals surface area contributed by atoms with Gasteiger partial charge in [0.15, 0.2) is 0 Å². The third-order valence-electron chi connectivity index (χ3n) is 2.90. The van der Waals surface area contributed by atoms with Crippen molar-refractivity contribution in [3.05, 3.63) is 46.3 Å². The highest BCUT2D eigenvalue weighted by Crippen LogP contribution is 2.19. The zero-order chi connectivity index (χ0) is 14.5. The molecule has 1 N–H and O–H groups in total. The van der Waals surface area contributed by atoms with Gasteiger partial charge in [-0.05, 0) is 36.2 Å². The Morgan fingerprint density at radius 2 is 2.30 bits per heavy atom. The van der Waals surface area contributed by atoms with Gasteiger partial charge in [0, 0.05) is 12.1 Å². The summed E-state index contributed by atoms with van der Waals surface area (Å²) in [5.41, 5.74) is 2.21. The number of hydrogen-bond donors (Lipinski definition) is 1. The third-order valence-corrected chi connectivity index (χ3v) is 3.20. The largest absolute Gasteiger partial charge is 0.497 e. The first-order valence-corrected chi connectivity index (χ1v) is 6.48. The van der Waals surface area contributed by atoms with Crippen LogP contribution < -0.4 is 10.1 Å². The summed E-state index contributed by atoms with van der Waals surface area (Å²) in [4.78, 5) is 11.9. The fourth-order valence-electron chi connectivity index (χ4n) is 1.76. The summed E-state index contributed by atoms with van der Waals surface area (Å²) in [5.74, 6) is 0.621.